The number of carbonyl (C=O) groups excluding carboxylic acids is 1. The van der Waals surface area contributed by atoms with Crippen LogP contribution in [0, 0.1) is 5.41 Å². The lowest BCUT2D eigenvalue weighted by molar-refractivity contribution is 0.0944. The first-order valence-corrected chi connectivity index (χ1v) is 7.78. The minimum Gasteiger partial charge on any atom is -0.462 e. The number of aliphatic hydroxyl groups is 1. The van der Waals surface area contributed by atoms with Gasteiger partial charge >= 0.3 is 0 Å². The third-order valence-electron chi connectivity index (χ3n) is 3.21. The van der Waals surface area contributed by atoms with Crippen LogP contribution in [0.2, 0.25) is 0 Å². The highest BCUT2D eigenvalue weighted by Gasteiger charge is 2.16. The van der Waals surface area contributed by atoms with Gasteiger partial charge in [-0.15, -0.1) is 11.3 Å². The third-order valence-corrected chi connectivity index (χ3v) is 4.07. The summed E-state index contributed by atoms with van der Waals surface area (Å²) in [5, 5.41) is 14.4. The number of furan rings is 1. The molecule has 0 aliphatic heterocycles. The van der Waals surface area contributed by atoms with Crippen molar-refractivity contribution in [3.8, 4) is 10.8 Å². The molecule has 114 valence electrons. The molecule has 2 rings (SSSR count). The Bertz CT molecular complexity index is 576. The quantitative estimate of drug-likeness (QED) is 0.771. The molecule has 0 aliphatic carbocycles. The smallest absolute Gasteiger partial charge is 0.270 e. The summed E-state index contributed by atoms with van der Waals surface area (Å²) >= 11 is 1.38. The van der Waals surface area contributed by atoms with Crippen molar-refractivity contribution in [2.24, 2.45) is 5.41 Å². The highest BCUT2D eigenvalue weighted by molar-refractivity contribution is 7.13. The van der Waals surface area contributed by atoms with E-state index in [2.05, 4.69) is 10.3 Å². The lowest BCUT2D eigenvalue weighted by Crippen LogP contribution is -2.26. The van der Waals surface area contributed by atoms with Gasteiger partial charge in [-0.05, 0) is 30.4 Å². The summed E-state index contributed by atoms with van der Waals surface area (Å²) in [5.74, 6) is 0.495. The molecule has 0 fully saturated rings. The normalized spacial score (nSPS) is 11.6. The number of hydrogen-bond acceptors (Lipinski definition) is 5. The van der Waals surface area contributed by atoms with Crippen LogP contribution in [-0.2, 0) is 0 Å². The van der Waals surface area contributed by atoms with Gasteiger partial charge in [-0.3, -0.25) is 4.79 Å². The van der Waals surface area contributed by atoms with E-state index in [1.807, 2.05) is 19.9 Å². The molecule has 0 radical (unpaired) electrons. The second kappa shape index (κ2) is 6.87. The molecular formula is C15H20N2O3S. The molecule has 2 N–H and O–H groups in total. The van der Waals surface area contributed by atoms with Crippen LogP contribution in [0.5, 0.6) is 0 Å². The van der Waals surface area contributed by atoms with Gasteiger partial charge in [0.15, 0.2) is 10.8 Å². The largest absolute Gasteiger partial charge is 0.462 e. The Morgan fingerprint density at radius 2 is 2.33 bits per heavy atom. The number of nitrogens with one attached hydrogen (secondary N) is 1. The van der Waals surface area contributed by atoms with Crippen molar-refractivity contribution in [1.29, 1.82) is 0 Å². The van der Waals surface area contributed by atoms with Crippen LogP contribution >= 0.6 is 11.3 Å². The van der Waals surface area contributed by atoms with Crippen LogP contribution in [0.4, 0.5) is 0 Å². The molecule has 2 aromatic heterocycles. The monoisotopic (exact) mass is 308 g/mol. The van der Waals surface area contributed by atoms with Crippen molar-refractivity contribution in [2.45, 2.75) is 26.7 Å². The van der Waals surface area contributed by atoms with Crippen molar-refractivity contribution >= 4 is 17.2 Å². The number of nitrogens with zero attached hydrogens (tertiary/aromatic N) is 1. The van der Waals surface area contributed by atoms with E-state index in [9.17, 15) is 4.79 Å². The fraction of sp³-hybridized carbons (Fsp3) is 0.467. The van der Waals surface area contributed by atoms with E-state index < -0.39 is 0 Å². The molecule has 5 nitrogen and oxygen atoms in total. The molecule has 0 saturated heterocycles. The maximum Gasteiger partial charge on any atom is 0.270 e. The zero-order valence-electron chi connectivity index (χ0n) is 12.3. The van der Waals surface area contributed by atoms with Crippen LogP contribution in [0.15, 0.2) is 28.2 Å². The minimum absolute atomic E-state index is 0.0994. The van der Waals surface area contributed by atoms with E-state index in [0.717, 1.165) is 12.8 Å². The van der Waals surface area contributed by atoms with Gasteiger partial charge in [0.2, 0.25) is 0 Å². The maximum atomic E-state index is 12.0. The first-order valence-electron chi connectivity index (χ1n) is 6.90. The minimum atomic E-state index is -0.175. The Kier molecular flexibility index (Phi) is 5.14. The Hall–Kier alpha value is -1.66. The molecule has 21 heavy (non-hydrogen) atoms. The maximum absolute atomic E-state index is 12.0. The first-order chi connectivity index (χ1) is 10.0. The van der Waals surface area contributed by atoms with Crippen molar-refractivity contribution in [2.75, 3.05) is 13.2 Å². The second-order valence-electron chi connectivity index (χ2n) is 5.70. The van der Waals surface area contributed by atoms with E-state index in [1.54, 1.807) is 17.7 Å². The van der Waals surface area contributed by atoms with Crippen LogP contribution in [-0.4, -0.2) is 29.1 Å². The standard InChI is InChI=1S/C15H20N2O3S/c1-15(2,10-18)6-4-7-16-13(19)11-9-21-14(17-11)12-5-3-8-20-12/h3,5,8-9,18H,4,6-7,10H2,1-2H3,(H,16,19). The van der Waals surface area contributed by atoms with E-state index in [4.69, 9.17) is 9.52 Å². The van der Waals surface area contributed by atoms with Gasteiger partial charge < -0.3 is 14.8 Å². The third kappa shape index (κ3) is 4.41. The van der Waals surface area contributed by atoms with Gasteiger partial charge in [-0.2, -0.15) is 0 Å². The van der Waals surface area contributed by atoms with Crippen LogP contribution in [0.3, 0.4) is 0 Å². The predicted molar refractivity (Wildman–Crippen MR) is 82.3 cm³/mol. The summed E-state index contributed by atoms with van der Waals surface area (Å²) in [6, 6.07) is 3.61. The Morgan fingerprint density at radius 3 is 3.00 bits per heavy atom. The lowest BCUT2D eigenvalue weighted by Gasteiger charge is -2.21. The lowest BCUT2D eigenvalue weighted by atomic mass is 9.89. The first kappa shape index (κ1) is 15.7. The molecule has 0 bridgehead atoms. The summed E-state index contributed by atoms with van der Waals surface area (Å²) in [6.07, 6.45) is 3.27. The zero-order chi connectivity index (χ0) is 15.3. The number of hydrogen-bond donors (Lipinski definition) is 2. The molecule has 0 atom stereocenters. The van der Waals surface area contributed by atoms with Gasteiger partial charge in [0.1, 0.15) is 5.69 Å². The van der Waals surface area contributed by atoms with E-state index in [1.165, 1.54) is 11.3 Å². The molecule has 0 aromatic carbocycles. The summed E-state index contributed by atoms with van der Waals surface area (Å²) in [6.45, 7) is 4.74. The average Bonchev–Trinajstić information content (AvgIpc) is 3.13. The predicted octanol–water partition coefficient (Wildman–Crippen LogP) is 2.93. The molecular weight excluding hydrogens is 288 g/mol. The van der Waals surface area contributed by atoms with Crippen LogP contribution in [0.25, 0.3) is 10.8 Å². The van der Waals surface area contributed by atoms with Gasteiger partial charge in [-0.25, -0.2) is 4.98 Å². The summed E-state index contributed by atoms with van der Waals surface area (Å²) in [5.41, 5.74) is 0.311. The summed E-state index contributed by atoms with van der Waals surface area (Å²) in [7, 11) is 0. The Morgan fingerprint density at radius 1 is 1.52 bits per heavy atom. The van der Waals surface area contributed by atoms with E-state index in [-0.39, 0.29) is 17.9 Å². The number of aliphatic hydroxyl groups excluding tert-OH is 1. The number of thiazole rings is 1. The second-order valence-corrected chi connectivity index (χ2v) is 6.56. The number of carbonyl (C=O) groups is 1. The molecule has 0 unspecified atom stereocenters. The molecule has 6 heteroatoms. The fourth-order valence-corrected chi connectivity index (χ4v) is 2.60. The van der Waals surface area contributed by atoms with Crippen molar-refractivity contribution in [3.63, 3.8) is 0 Å². The Labute approximate surface area is 128 Å². The van der Waals surface area contributed by atoms with E-state index in [0.29, 0.717) is 23.0 Å². The summed E-state index contributed by atoms with van der Waals surface area (Å²) in [4.78, 5) is 16.2. The van der Waals surface area contributed by atoms with Gasteiger partial charge in [0.05, 0.1) is 6.26 Å². The number of aromatic nitrogens is 1. The van der Waals surface area contributed by atoms with Crippen molar-refractivity contribution < 1.29 is 14.3 Å². The molecule has 1 amide bonds. The SMILES string of the molecule is CC(C)(CO)CCCNC(=O)c1csc(-c2ccco2)n1. The van der Waals surface area contributed by atoms with Gasteiger partial charge in [0, 0.05) is 18.5 Å². The van der Waals surface area contributed by atoms with Crippen molar-refractivity contribution in [1.82, 2.24) is 10.3 Å². The summed E-state index contributed by atoms with van der Waals surface area (Å²) < 4.78 is 5.25. The molecule has 0 saturated carbocycles. The molecule has 2 heterocycles. The zero-order valence-corrected chi connectivity index (χ0v) is 13.1. The van der Waals surface area contributed by atoms with E-state index >= 15 is 0 Å². The molecule has 0 aliphatic rings. The van der Waals surface area contributed by atoms with Gasteiger partial charge in [0.25, 0.3) is 5.91 Å². The van der Waals surface area contributed by atoms with Crippen LogP contribution < -0.4 is 5.32 Å². The number of amides is 1. The highest BCUT2D eigenvalue weighted by atomic mass is 32.1. The fourth-order valence-electron chi connectivity index (χ4n) is 1.83. The van der Waals surface area contributed by atoms with Gasteiger partial charge in [-0.1, -0.05) is 13.8 Å². The van der Waals surface area contributed by atoms with Crippen LogP contribution in [0.1, 0.15) is 37.2 Å². The van der Waals surface area contributed by atoms with Crippen molar-refractivity contribution in [3.05, 3.63) is 29.5 Å². The average molecular weight is 308 g/mol. The molecule has 2 aromatic rings. The molecule has 0 spiro atoms. The highest BCUT2D eigenvalue weighted by Crippen LogP contribution is 2.24. The topological polar surface area (TPSA) is 75.4 Å². The number of rotatable bonds is 7. The Balaban J connectivity index is 1.82.